The maximum absolute atomic E-state index is 13.2. The number of likely N-dealkylation sites (tertiary alicyclic amines) is 1. The Kier molecular flexibility index (Phi) is 7.24. The fourth-order valence-electron chi connectivity index (χ4n) is 4.64. The maximum Gasteiger partial charge on any atom is 0.534 e. The second kappa shape index (κ2) is 9.83. The average molecular weight is 559 g/mol. The third-order valence-corrected chi connectivity index (χ3v) is 7.41. The van der Waals surface area contributed by atoms with Gasteiger partial charge in [0.15, 0.2) is 5.76 Å². The highest BCUT2D eigenvalue weighted by molar-refractivity contribution is 7.87. The Morgan fingerprint density at radius 3 is 2.43 bits per heavy atom. The number of rotatable bonds is 3. The zero-order valence-corrected chi connectivity index (χ0v) is 22.0. The van der Waals surface area contributed by atoms with E-state index in [1.54, 1.807) is 56.1 Å². The van der Waals surface area contributed by atoms with Crippen molar-refractivity contribution in [1.82, 2.24) is 9.88 Å². The SMILES string of the molecule is CC(C)(C)OC(=O)N1CCC(C2c3ccc(Cl)cc3C(OS(=O)(=O)C(F)(F)F)=Cc3cccnc32)CC1. The molecule has 7 nitrogen and oxygen atoms in total. The van der Waals surface area contributed by atoms with Gasteiger partial charge in [0, 0.05) is 41.4 Å². The molecule has 1 aromatic carbocycles. The normalized spacial score (nSPS) is 18.8. The van der Waals surface area contributed by atoms with Gasteiger partial charge in [0.2, 0.25) is 0 Å². The quantitative estimate of drug-likeness (QED) is 0.330. The predicted molar refractivity (Wildman–Crippen MR) is 132 cm³/mol. The summed E-state index contributed by atoms with van der Waals surface area (Å²) in [6.45, 7) is 6.21. The number of benzene rings is 1. The molecule has 4 rings (SSSR count). The van der Waals surface area contributed by atoms with Crippen LogP contribution in [0.15, 0.2) is 36.5 Å². The molecule has 0 saturated carbocycles. The van der Waals surface area contributed by atoms with Crippen molar-refractivity contribution in [2.75, 3.05) is 13.1 Å². The van der Waals surface area contributed by atoms with Gasteiger partial charge in [0.25, 0.3) is 0 Å². The Bertz CT molecular complexity index is 1330. The Labute approximate surface area is 218 Å². The van der Waals surface area contributed by atoms with Gasteiger partial charge in [-0.25, -0.2) is 4.79 Å². The van der Waals surface area contributed by atoms with Crippen LogP contribution >= 0.6 is 11.6 Å². The highest BCUT2D eigenvalue weighted by Gasteiger charge is 2.49. The number of hydrogen-bond acceptors (Lipinski definition) is 6. The minimum atomic E-state index is -5.94. The first kappa shape index (κ1) is 27.3. The molecule has 0 radical (unpaired) electrons. The molecule has 0 bridgehead atoms. The van der Waals surface area contributed by atoms with Crippen molar-refractivity contribution in [3.8, 4) is 0 Å². The van der Waals surface area contributed by atoms with Crippen molar-refractivity contribution in [2.45, 2.75) is 50.6 Å². The summed E-state index contributed by atoms with van der Waals surface area (Å²) < 4.78 is 73.6. The molecule has 1 amide bonds. The lowest BCUT2D eigenvalue weighted by molar-refractivity contribution is -0.0509. The Morgan fingerprint density at radius 1 is 1.14 bits per heavy atom. The molecule has 0 N–H and O–H groups in total. The highest BCUT2D eigenvalue weighted by atomic mass is 35.5. The summed E-state index contributed by atoms with van der Waals surface area (Å²) in [5.74, 6) is -0.952. The van der Waals surface area contributed by atoms with Crippen molar-refractivity contribution < 1.29 is 35.3 Å². The van der Waals surface area contributed by atoms with Crippen molar-refractivity contribution in [3.05, 3.63) is 63.9 Å². The smallest absolute Gasteiger partial charge is 0.444 e. The number of alkyl halides is 3. The fraction of sp³-hybridized carbons (Fsp3) is 0.440. The zero-order chi connectivity index (χ0) is 27.2. The first-order valence-corrected chi connectivity index (χ1v) is 13.4. The molecular weight excluding hydrogens is 533 g/mol. The number of halogens is 4. The third kappa shape index (κ3) is 5.87. The van der Waals surface area contributed by atoms with Crippen LogP contribution in [0.25, 0.3) is 11.8 Å². The molecule has 1 aliphatic carbocycles. The van der Waals surface area contributed by atoms with Gasteiger partial charge < -0.3 is 13.8 Å². The molecule has 1 saturated heterocycles. The molecule has 1 unspecified atom stereocenters. The first-order valence-electron chi connectivity index (χ1n) is 11.6. The van der Waals surface area contributed by atoms with Crippen LogP contribution in [-0.4, -0.2) is 48.6 Å². The van der Waals surface area contributed by atoms with Crippen molar-refractivity contribution >= 4 is 39.6 Å². The summed E-state index contributed by atoms with van der Waals surface area (Å²) in [7, 11) is -5.94. The summed E-state index contributed by atoms with van der Waals surface area (Å²) in [6, 6.07) is 7.89. The number of hydrogen-bond donors (Lipinski definition) is 0. The van der Waals surface area contributed by atoms with Crippen LogP contribution in [0.2, 0.25) is 5.02 Å². The Hall–Kier alpha value is -2.79. The van der Waals surface area contributed by atoms with E-state index in [0.717, 1.165) is 0 Å². The highest BCUT2D eigenvalue weighted by Crippen LogP contribution is 2.46. The number of fused-ring (bicyclic) bond motifs is 2. The predicted octanol–water partition coefficient (Wildman–Crippen LogP) is 6.19. The molecule has 2 heterocycles. The third-order valence-electron chi connectivity index (χ3n) is 6.21. The summed E-state index contributed by atoms with van der Waals surface area (Å²) >= 11 is 6.18. The monoisotopic (exact) mass is 558 g/mol. The van der Waals surface area contributed by atoms with E-state index in [2.05, 4.69) is 9.17 Å². The molecule has 2 aliphatic rings. The minimum absolute atomic E-state index is 0.0563. The van der Waals surface area contributed by atoms with E-state index in [-0.39, 0.29) is 16.5 Å². The molecular formula is C25H26ClF3N2O5S. The lowest BCUT2D eigenvalue weighted by Gasteiger charge is -2.37. The largest absolute Gasteiger partial charge is 0.534 e. The van der Waals surface area contributed by atoms with Crippen LogP contribution in [0.1, 0.15) is 61.9 Å². The van der Waals surface area contributed by atoms with E-state index in [1.165, 1.54) is 12.1 Å². The minimum Gasteiger partial charge on any atom is -0.444 e. The molecule has 12 heteroatoms. The number of piperidine rings is 1. The number of carbonyl (C=O) groups excluding carboxylic acids is 1. The van der Waals surface area contributed by atoms with Crippen LogP contribution in [0.3, 0.4) is 0 Å². The number of carbonyl (C=O) groups is 1. The topological polar surface area (TPSA) is 85.8 Å². The molecule has 1 atom stereocenters. The fourth-order valence-corrected chi connectivity index (χ4v) is 5.29. The molecule has 1 aromatic heterocycles. The van der Waals surface area contributed by atoms with Crippen LogP contribution in [-0.2, 0) is 19.0 Å². The standard InChI is InChI=1S/C25H26ClF3N2O5S/c1-24(2,3)35-23(32)31-11-8-15(9-12-31)21-18-7-6-17(26)14-19(18)20(36-37(33,34)25(27,28)29)13-16-5-4-10-30-22(16)21/h4-7,10,13-15,21H,8-9,11-12H2,1-3H3. The van der Waals surface area contributed by atoms with E-state index >= 15 is 0 Å². The Balaban J connectivity index is 1.73. The van der Waals surface area contributed by atoms with Gasteiger partial charge >= 0.3 is 21.7 Å². The van der Waals surface area contributed by atoms with E-state index in [9.17, 15) is 26.4 Å². The van der Waals surface area contributed by atoms with Gasteiger partial charge in [0.1, 0.15) is 5.60 Å². The first-order chi connectivity index (χ1) is 17.2. The van der Waals surface area contributed by atoms with Gasteiger partial charge in [0.05, 0.1) is 5.69 Å². The van der Waals surface area contributed by atoms with E-state index in [4.69, 9.17) is 16.3 Å². The second-order valence-corrected chi connectivity index (χ2v) is 12.0. The molecule has 200 valence electrons. The summed E-state index contributed by atoms with van der Waals surface area (Å²) in [5.41, 5.74) is -4.55. The summed E-state index contributed by atoms with van der Waals surface area (Å²) in [4.78, 5) is 18.7. The Morgan fingerprint density at radius 2 is 1.81 bits per heavy atom. The van der Waals surface area contributed by atoms with Gasteiger partial charge in [-0.3, -0.25) is 4.98 Å². The lowest BCUT2D eigenvalue weighted by atomic mass is 9.76. The van der Waals surface area contributed by atoms with Crippen LogP contribution < -0.4 is 0 Å². The average Bonchev–Trinajstić information content (AvgIpc) is 2.91. The second-order valence-electron chi connectivity index (χ2n) is 9.98. The van der Waals surface area contributed by atoms with Gasteiger partial charge in [-0.15, -0.1) is 0 Å². The molecule has 0 spiro atoms. The summed E-state index contributed by atoms with van der Waals surface area (Å²) in [5, 5.41) is 0.204. The molecule has 37 heavy (non-hydrogen) atoms. The maximum atomic E-state index is 13.2. The van der Waals surface area contributed by atoms with E-state index < -0.39 is 39.0 Å². The van der Waals surface area contributed by atoms with Crippen LogP contribution in [0, 0.1) is 5.92 Å². The van der Waals surface area contributed by atoms with E-state index in [1.807, 2.05) is 0 Å². The number of amides is 1. The van der Waals surface area contributed by atoms with Crippen molar-refractivity contribution in [2.24, 2.45) is 5.92 Å². The number of pyridine rings is 1. The van der Waals surface area contributed by atoms with Gasteiger partial charge in [-0.2, -0.15) is 21.6 Å². The van der Waals surface area contributed by atoms with Gasteiger partial charge in [-0.1, -0.05) is 23.7 Å². The number of aromatic nitrogens is 1. The van der Waals surface area contributed by atoms with Gasteiger partial charge in [-0.05, 0) is 69.4 Å². The molecule has 2 aromatic rings. The molecule has 1 fully saturated rings. The molecule has 1 aliphatic heterocycles. The summed E-state index contributed by atoms with van der Waals surface area (Å²) in [6.07, 6.45) is 3.55. The lowest BCUT2D eigenvalue weighted by Crippen LogP contribution is -2.42. The van der Waals surface area contributed by atoms with E-state index in [0.29, 0.717) is 42.8 Å². The van der Waals surface area contributed by atoms with Crippen LogP contribution in [0.5, 0.6) is 0 Å². The number of nitrogens with zero attached hydrogens (tertiary/aromatic N) is 2. The number of ether oxygens (including phenoxy) is 1. The van der Waals surface area contributed by atoms with Crippen molar-refractivity contribution in [1.29, 1.82) is 0 Å². The zero-order valence-electron chi connectivity index (χ0n) is 20.4. The van der Waals surface area contributed by atoms with Crippen molar-refractivity contribution in [3.63, 3.8) is 0 Å². The van der Waals surface area contributed by atoms with Crippen LogP contribution in [0.4, 0.5) is 18.0 Å².